The van der Waals surface area contributed by atoms with Gasteiger partial charge in [0, 0.05) is 18.8 Å². The second-order valence-electron chi connectivity index (χ2n) is 7.77. The Morgan fingerprint density at radius 1 is 1.30 bits per heavy atom. The normalized spacial score (nSPS) is 17.4. The molecular weight excluding hydrogens is 286 g/mol. The smallest absolute Gasteiger partial charge is 0.133 e. The lowest BCUT2D eigenvalue weighted by Gasteiger charge is -2.38. The molecule has 1 saturated heterocycles. The predicted molar refractivity (Wildman–Crippen MR) is 97.5 cm³/mol. The Balaban J connectivity index is 1.91. The Hall–Kier alpha value is -1.36. The molecule has 1 aliphatic heterocycles. The first kappa shape index (κ1) is 18.0. The molecule has 1 fully saturated rings. The van der Waals surface area contributed by atoms with Crippen LogP contribution in [-0.4, -0.2) is 46.6 Å². The molecule has 2 heterocycles. The first-order chi connectivity index (χ1) is 10.8. The molecule has 5 nitrogen and oxygen atoms in total. The van der Waals surface area contributed by atoms with E-state index in [0.717, 1.165) is 36.9 Å². The van der Waals surface area contributed by atoms with Crippen LogP contribution >= 0.6 is 0 Å². The Kier molecular flexibility index (Phi) is 5.84. The van der Waals surface area contributed by atoms with Crippen LogP contribution in [0.2, 0.25) is 0 Å². The van der Waals surface area contributed by atoms with E-state index in [2.05, 4.69) is 43.0 Å². The fourth-order valence-corrected chi connectivity index (χ4v) is 3.44. The molecule has 23 heavy (non-hydrogen) atoms. The van der Waals surface area contributed by atoms with Crippen molar-refractivity contribution in [2.75, 3.05) is 31.5 Å². The minimum Gasteiger partial charge on any atom is -0.370 e. The van der Waals surface area contributed by atoms with E-state index in [4.69, 9.17) is 5.41 Å². The van der Waals surface area contributed by atoms with E-state index >= 15 is 0 Å². The second-order valence-corrected chi connectivity index (χ2v) is 7.77. The van der Waals surface area contributed by atoms with Crippen LogP contribution in [0.5, 0.6) is 0 Å². The summed E-state index contributed by atoms with van der Waals surface area (Å²) in [4.78, 5) is 2.55. The zero-order valence-electron chi connectivity index (χ0n) is 15.4. The molecule has 1 aromatic rings. The van der Waals surface area contributed by atoms with Crippen molar-refractivity contribution in [1.29, 1.82) is 5.41 Å². The van der Waals surface area contributed by atoms with Crippen molar-refractivity contribution in [3.63, 3.8) is 0 Å². The SMILES string of the molecule is CCNc1c(C(C)=N)cnn1CCN1CCC(C(C)(C)C)CC1. The summed E-state index contributed by atoms with van der Waals surface area (Å²) in [6, 6.07) is 0. The van der Waals surface area contributed by atoms with Crippen LogP contribution in [0.1, 0.15) is 53.0 Å². The molecule has 0 atom stereocenters. The van der Waals surface area contributed by atoms with E-state index in [-0.39, 0.29) is 0 Å². The van der Waals surface area contributed by atoms with Gasteiger partial charge in [0.05, 0.1) is 18.3 Å². The van der Waals surface area contributed by atoms with Crippen molar-refractivity contribution in [3.05, 3.63) is 11.8 Å². The quantitative estimate of drug-likeness (QED) is 0.790. The standard InChI is InChI=1S/C18H33N5/c1-6-20-17-16(14(2)19)13-21-23(17)12-11-22-9-7-15(8-10-22)18(3,4)5/h13,15,19-20H,6-12H2,1-5H3. The number of likely N-dealkylation sites (tertiary alicyclic amines) is 1. The van der Waals surface area contributed by atoms with E-state index < -0.39 is 0 Å². The largest absolute Gasteiger partial charge is 0.370 e. The maximum absolute atomic E-state index is 7.87. The third kappa shape index (κ3) is 4.56. The van der Waals surface area contributed by atoms with E-state index in [1.54, 1.807) is 0 Å². The fourth-order valence-electron chi connectivity index (χ4n) is 3.44. The highest BCUT2D eigenvalue weighted by atomic mass is 15.3. The highest BCUT2D eigenvalue weighted by Gasteiger charge is 2.28. The monoisotopic (exact) mass is 319 g/mol. The zero-order chi connectivity index (χ0) is 17.0. The summed E-state index contributed by atoms with van der Waals surface area (Å²) in [6.07, 6.45) is 4.41. The molecule has 0 bridgehead atoms. The Bertz CT molecular complexity index is 518. The van der Waals surface area contributed by atoms with Gasteiger partial charge in [-0.05, 0) is 51.1 Å². The minimum absolute atomic E-state index is 0.433. The molecule has 1 aromatic heterocycles. The number of nitrogens with one attached hydrogen (secondary N) is 2. The van der Waals surface area contributed by atoms with Gasteiger partial charge in [0.25, 0.3) is 0 Å². The summed E-state index contributed by atoms with van der Waals surface area (Å²) in [6.45, 7) is 16.1. The summed E-state index contributed by atoms with van der Waals surface area (Å²) in [5.74, 6) is 1.83. The minimum atomic E-state index is 0.433. The summed E-state index contributed by atoms with van der Waals surface area (Å²) >= 11 is 0. The highest BCUT2D eigenvalue weighted by molar-refractivity contribution is 6.00. The van der Waals surface area contributed by atoms with Crippen molar-refractivity contribution in [1.82, 2.24) is 14.7 Å². The molecule has 0 unspecified atom stereocenters. The molecule has 5 heteroatoms. The van der Waals surface area contributed by atoms with Gasteiger partial charge in [0.1, 0.15) is 5.82 Å². The lowest BCUT2D eigenvalue weighted by atomic mass is 9.75. The molecule has 0 radical (unpaired) electrons. The van der Waals surface area contributed by atoms with E-state index in [9.17, 15) is 0 Å². The molecule has 130 valence electrons. The lowest BCUT2D eigenvalue weighted by Crippen LogP contribution is -2.39. The van der Waals surface area contributed by atoms with Gasteiger partial charge in [-0.2, -0.15) is 5.10 Å². The van der Waals surface area contributed by atoms with Crippen molar-refractivity contribution in [2.45, 2.75) is 54.0 Å². The first-order valence-corrected chi connectivity index (χ1v) is 8.90. The molecule has 0 aliphatic carbocycles. The van der Waals surface area contributed by atoms with Crippen molar-refractivity contribution in [2.24, 2.45) is 11.3 Å². The molecule has 1 aliphatic rings. The Morgan fingerprint density at radius 3 is 2.48 bits per heavy atom. The number of rotatable bonds is 6. The summed E-state index contributed by atoms with van der Waals surface area (Å²) in [5, 5.41) is 15.7. The molecule has 0 saturated carbocycles. The van der Waals surface area contributed by atoms with Crippen molar-refractivity contribution < 1.29 is 0 Å². The number of anilines is 1. The topological polar surface area (TPSA) is 56.9 Å². The van der Waals surface area contributed by atoms with E-state index in [1.165, 1.54) is 25.9 Å². The molecule has 2 rings (SSSR count). The third-order valence-electron chi connectivity index (χ3n) is 5.03. The average molecular weight is 319 g/mol. The van der Waals surface area contributed by atoms with Gasteiger partial charge >= 0.3 is 0 Å². The third-order valence-corrected chi connectivity index (χ3v) is 5.03. The Labute approximate surface area is 141 Å². The molecule has 2 N–H and O–H groups in total. The fraction of sp³-hybridized carbons (Fsp3) is 0.778. The van der Waals surface area contributed by atoms with Gasteiger partial charge in [0.15, 0.2) is 0 Å². The van der Waals surface area contributed by atoms with Gasteiger partial charge in [-0.3, -0.25) is 0 Å². The van der Waals surface area contributed by atoms with E-state index in [1.807, 2.05) is 17.8 Å². The summed E-state index contributed by atoms with van der Waals surface area (Å²) in [7, 11) is 0. The molecule has 0 aromatic carbocycles. The van der Waals surface area contributed by atoms with Crippen molar-refractivity contribution >= 4 is 11.5 Å². The first-order valence-electron chi connectivity index (χ1n) is 8.90. The lowest BCUT2D eigenvalue weighted by molar-refractivity contribution is 0.109. The van der Waals surface area contributed by atoms with Gasteiger partial charge in [-0.25, -0.2) is 4.68 Å². The number of hydrogen-bond donors (Lipinski definition) is 2. The van der Waals surface area contributed by atoms with Crippen LogP contribution < -0.4 is 5.32 Å². The number of aromatic nitrogens is 2. The van der Waals surface area contributed by atoms with Crippen LogP contribution in [-0.2, 0) is 6.54 Å². The van der Waals surface area contributed by atoms with Gasteiger partial charge in [-0.1, -0.05) is 20.8 Å². The summed E-state index contributed by atoms with van der Waals surface area (Å²) < 4.78 is 2.02. The van der Waals surface area contributed by atoms with Crippen LogP contribution in [0.15, 0.2) is 6.20 Å². The zero-order valence-corrected chi connectivity index (χ0v) is 15.4. The van der Waals surface area contributed by atoms with Crippen molar-refractivity contribution in [3.8, 4) is 0 Å². The number of piperidine rings is 1. The van der Waals surface area contributed by atoms with Gasteiger partial charge < -0.3 is 15.6 Å². The van der Waals surface area contributed by atoms with E-state index in [0.29, 0.717) is 11.1 Å². The average Bonchev–Trinajstić information content (AvgIpc) is 2.88. The summed E-state index contributed by atoms with van der Waals surface area (Å²) in [5.41, 5.74) is 1.92. The molecule has 0 spiro atoms. The Morgan fingerprint density at radius 2 is 1.96 bits per heavy atom. The number of nitrogens with zero attached hydrogens (tertiary/aromatic N) is 3. The predicted octanol–water partition coefficient (Wildman–Crippen LogP) is 3.46. The van der Waals surface area contributed by atoms with Crippen LogP contribution in [0.3, 0.4) is 0 Å². The molecule has 0 amide bonds. The van der Waals surface area contributed by atoms with Crippen LogP contribution in [0.25, 0.3) is 0 Å². The number of hydrogen-bond acceptors (Lipinski definition) is 4. The maximum Gasteiger partial charge on any atom is 0.133 e. The second kappa shape index (κ2) is 7.47. The molecular formula is C18H33N5. The van der Waals surface area contributed by atoms with Crippen LogP contribution in [0.4, 0.5) is 5.82 Å². The highest BCUT2D eigenvalue weighted by Crippen LogP contribution is 2.34. The van der Waals surface area contributed by atoms with Gasteiger partial charge in [-0.15, -0.1) is 0 Å². The van der Waals surface area contributed by atoms with Gasteiger partial charge in [0.2, 0.25) is 0 Å². The maximum atomic E-state index is 7.87. The van der Waals surface area contributed by atoms with Crippen LogP contribution in [0, 0.1) is 16.7 Å².